The molecule has 1 amide bonds. The molecule has 0 spiro atoms. The molecule has 0 radical (unpaired) electrons. The van der Waals surface area contributed by atoms with Crippen molar-refractivity contribution < 1.29 is 9.18 Å². The van der Waals surface area contributed by atoms with Crippen LogP contribution in [0, 0.1) is 12.7 Å². The summed E-state index contributed by atoms with van der Waals surface area (Å²) in [6, 6.07) is 4.43. The topological polar surface area (TPSA) is 41.1 Å². The molecule has 0 bridgehead atoms. The average molecular weight is 222 g/mol. The molecular weight excluding hydrogens is 207 g/mol. The van der Waals surface area contributed by atoms with Crippen LogP contribution in [0.2, 0.25) is 0 Å². The fourth-order valence-corrected chi connectivity index (χ4v) is 1.88. The number of halogens is 1. The second kappa shape index (κ2) is 4.61. The molecule has 4 heteroatoms. The van der Waals surface area contributed by atoms with Gasteiger partial charge in [0.15, 0.2) is 0 Å². The summed E-state index contributed by atoms with van der Waals surface area (Å²) in [7, 11) is 0. The van der Waals surface area contributed by atoms with E-state index in [-0.39, 0.29) is 17.8 Å². The summed E-state index contributed by atoms with van der Waals surface area (Å²) < 4.78 is 13.0. The first-order valence-corrected chi connectivity index (χ1v) is 5.44. The molecule has 0 aromatic heterocycles. The van der Waals surface area contributed by atoms with Gasteiger partial charge in [-0.05, 0) is 37.6 Å². The maximum absolute atomic E-state index is 13.0. The van der Waals surface area contributed by atoms with E-state index >= 15 is 0 Å². The zero-order chi connectivity index (χ0) is 11.5. The van der Waals surface area contributed by atoms with Crippen molar-refractivity contribution in [2.75, 3.05) is 13.1 Å². The van der Waals surface area contributed by atoms with E-state index in [1.165, 1.54) is 12.1 Å². The number of aryl methyl sites for hydroxylation is 1. The van der Waals surface area contributed by atoms with Crippen molar-refractivity contribution in [1.82, 2.24) is 10.6 Å². The molecule has 16 heavy (non-hydrogen) atoms. The molecule has 86 valence electrons. The Labute approximate surface area is 94.0 Å². The highest BCUT2D eigenvalue weighted by molar-refractivity contribution is 5.95. The molecule has 1 aliphatic heterocycles. The maximum Gasteiger partial charge on any atom is 0.251 e. The highest BCUT2D eigenvalue weighted by atomic mass is 19.1. The molecular formula is C12H15FN2O. The summed E-state index contributed by atoms with van der Waals surface area (Å²) >= 11 is 0. The van der Waals surface area contributed by atoms with E-state index in [0.717, 1.165) is 25.1 Å². The van der Waals surface area contributed by atoms with Crippen LogP contribution in [-0.2, 0) is 0 Å². The van der Waals surface area contributed by atoms with Crippen LogP contribution < -0.4 is 10.6 Å². The fraction of sp³-hybridized carbons (Fsp3) is 0.417. The molecule has 1 fully saturated rings. The lowest BCUT2D eigenvalue weighted by molar-refractivity contribution is 0.0939. The Morgan fingerprint density at radius 3 is 3.06 bits per heavy atom. The summed E-state index contributed by atoms with van der Waals surface area (Å²) in [5, 5.41) is 6.06. The van der Waals surface area contributed by atoms with Crippen LogP contribution in [0.5, 0.6) is 0 Å². The minimum absolute atomic E-state index is 0.162. The van der Waals surface area contributed by atoms with Gasteiger partial charge in [0.2, 0.25) is 0 Å². The van der Waals surface area contributed by atoms with Gasteiger partial charge < -0.3 is 10.6 Å². The van der Waals surface area contributed by atoms with Crippen molar-refractivity contribution in [2.24, 2.45) is 0 Å². The van der Waals surface area contributed by atoms with Gasteiger partial charge in [-0.1, -0.05) is 6.07 Å². The molecule has 2 N–H and O–H groups in total. The number of hydrogen-bond acceptors (Lipinski definition) is 2. The van der Waals surface area contributed by atoms with Gasteiger partial charge >= 0.3 is 0 Å². The third kappa shape index (κ3) is 2.39. The summed E-state index contributed by atoms with van der Waals surface area (Å²) in [6.45, 7) is 3.52. The highest BCUT2D eigenvalue weighted by Crippen LogP contribution is 2.11. The second-order valence-electron chi connectivity index (χ2n) is 4.12. The van der Waals surface area contributed by atoms with Gasteiger partial charge in [0.25, 0.3) is 5.91 Å². The molecule has 3 nitrogen and oxygen atoms in total. The average Bonchev–Trinajstić information content (AvgIpc) is 2.74. The molecule has 0 aliphatic carbocycles. The highest BCUT2D eigenvalue weighted by Gasteiger charge is 2.18. The minimum Gasteiger partial charge on any atom is -0.348 e. The van der Waals surface area contributed by atoms with E-state index in [9.17, 15) is 9.18 Å². The summed E-state index contributed by atoms with van der Waals surface area (Å²) in [4.78, 5) is 11.9. The Morgan fingerprint density at radius 2 is 2.38 bits per heavy atom. The number of carbonyl (C=O) groups is 1. The Morgan fingerprint density at radius 1 is 1.56 bits per heavy atom. The monoisotopic (exact) mass is 222 g/mol. The van der Waals surface area contributed by atoms with E-state index in [1.54, 1.807) is 13.0 Å². The summed E-state index contributed by atoms with van der Waals surface area (Å²) in [6.07, 6.45) is 0.931. The minimum atomic E-state index is -0.375. The molecule has 1 heterocycles. The Balaban J connectivity index is 2.10. The lowest BCUT2D eigenvalue weighted by Gasteiger charge is -2.12. The first-order chi connectivity index (χ1) is 7.66. The molecule has 1 aromatic rings. The van der Waals surface area contributed by atoms with E-state index in [4.69, 9.17) is 0 Å². The smallest absolute Gasteiger partial charge is 0.251 e. The van der Waals surface area contributed by atoms with Crippen molar-refractivity contribution in [1.29, 1.82) is 0 Å². The number of nitrogens with one attached hydrogen (secondary N) is 2. The third-order valence-electron chi connectivity index (χ3n) is 2.84. The first-order valence-electron chi connectivity index (χ1n) is 5.44. The molecule has 1 atom stereocenters. The summed E-state index contributed by atoms with van der Waals surface area (Å²) in [5.74, 6) is -0.564. The van der Waals surface area contributed by atoms with E-state index in [0.29, 0.717) is 5.56 Å². The normalized spacial score (nSPS) is 19.8. The van der Waals surface area contributed by atoms with Crippen LogP contribution in [0.25, 0.3) is 0 Å². The third-order valence-corrected chi connectivity index (χ3v) is 2.84. The molecule has 2 rings (SSSR count). The Kier molecular flexibility index (Phi) is 3.19. The van der Waals surface area contributed by atoms with Crippen molar-refractivity contribution >= 4 is 5.91 Å². The predicted octanol–water partition coefficient (Wildman–Crippen LogP) is 1.23. The largest absolute Gasteiger partial charge is 0.348 e. The SMILES string of the molecule is Cc1ccc(F)cc1C(=O)NC1CCNC1. The fourth-order valence-electron chi connectivity index (χ4n) is 1.88. The van der Waals surface area contributed by atoms with Crippen LogP contribution in [0.4, 0.5) is 4.39 Å². The van der Waals surface area contributed by atoms with Gasteiger partial charge in [-0.3, -0.25) is 4.79 Å². The quantitative estimate of drug-likeness (QED) is 0.790. The van der Waals surface area contributed by atoms with Crippen LogP contribution in [0.3, 0.4) is 0 Å². The van der Waals surface area contributed by atoms with Crippen LogP contribution in [0.15, 0.2) is 18.2 Å². The van der Waals surface area contributed by atoms with Crippen molar-refractivity contribution in [3.05, 3.63) is 35.1 Å². The molecule has 1 saturated heterocycles. The van der Waals surface area contributed by atoms with E-state index in [2.05, 4.69) is 10.6 Å². The molecule has 0 saturated carbocycles. The van der Waals surface area contributed by atoms with Gasteiger partial charge in [-0.15, -0.1) is 0 Å². The van der Waals surface area contributed by atoms with Crippen molar-refractivity contribution in [2.45, 2.75) is 19.4 Å². The van der Waals surface area contributed by atoms with Gasteiger partial charge in [-0.25, -0.2) is 4.39 Å². The van der Waals surface area contributed by atoms with Gasteiger partial charge in [0, 0.05) is 18.2 Å². The van der Waals surface area contributed by atoms with E-state index in [1.807, 2.05) is 0 Å². The zero-order valence-electron chi connectivity index (χ0n) is 9.22. The van der Waals surface area contributed by atoms with Crippen molar-refractivity contribution in [3.8, 4) is 0 Å². The van der Waals surface area contributed by atoms with Crippen LogP contribution in [-0.4, -0.2) is 25.0 Å². The molecule has 1 aliphatic rings. The van der Waals surface area contributed by atoms with Gasteiger partial charge in [0.05, 0.1) is 0 Å². The Hall–Kier alpha value is -1.42. The lowest BCUT2D eigenvalue weighted by atomic mass is 10.1. The number of benzene rings is 1. The second-order valence-corrected chi connectivity index (χ2v) is 4.12. The Bertz CT molecular complexity index is 400. The number of hydrogen-bond donors (Lipinski definition) is 2. The molecule has 1 unspecified atom stereocenters. The number of rotatable bonds is 2. The van der Waals surface area contributed by atoms with Crippen LogP contribution in [0.1, 0.15) is 22.3 Å². The summed E-state index contributed by atoms with van der Waals surface area (Å²) in [5.41, 5.74) is 1.22. The predicted molar refractivity (Wildman–Crippen MR) is 59.9 cm³/mol. The zero-order valence-corrected chi connectivity index (χ0v) is 9.22. The number of amides is 1. The van der Waals surface area contributed by atoms with Gasteiger partial charge in [-0.2, -0.15) is 0 Å². The number of carbonyl (C=O) groups excluding carboxylic acids is 1. The molecule has 1 aromatic carbocycles. The standard InChI is InChI=1S/C12H15FN2O/c1-8-2-3-9(13)6-11(8)12(16)15-10-4-5-14-7-10/h2-3,6,10,14H,4-5,7H2,1H3,(H,15,16). The van der Waals surface area contributed by atoms with E-state index < -0.39 is 0 Å². The van der Waals surface area contributed by atoms with Crippen molar-refractivity contribution in [3.63, 3.8) is 0 Å². The first kappa shape index (κ1) is 11.1. The maximum atomic E-state index is 13.0. The lowest BCUT2D eigenvalue weighted by Crippen LogP contribution is -2.36. The van der Waals surface area contributed by atoms with Gasteiger partial charge in [0.1, 0.15) is 5.82 Å². The van der Waals surface area contributed by atoms with Crippen LogP contribution >= 0.6 is 0 Å².